The van der Waals surface area contributed by atoms with Crippen molar-refractivity contribution in [1.29, 1.82) is 0 Å². The summed E-state index contributed by atoms with van der Waals surface area (Å²) in [4.78, 5) is 15.9. The molecule has 0 spiro atoms. The fraction of sp³-hybridized carbons (Fsp3) is 0.125. The highest BCUT2D eigenvalue weighted by Crippen LogP contribution is 2.14. The number of carbonyl (C=O) groups is 1. The molecule has 6 nitrogen and oxygen atoms in total. The number of nitrogens with zero attached hydrogens (tertiary/aromatic N) is 1. The zero-order valence-electron chi connectivity index (χ0n) is 12.4. The molecule has 0 unspecified atom stereocenters. The number of guanidine groups is 1. The van der Waals surface area contributed by atoms with Gasteiger partial charge in [0.05, 0.1) is 12.1 Å². The van der Waals surface area contributed by atoms with Gasteiger partial charge in [0.25, 0.3) is 5.91 Å². The molecule has 0 aliphatic heterocycles. The molecule has 2 aromatic carbocycles. The number of nitrogens with one attached hydrogen (secondary N) is 2. The Morgan fingerprint density at radius 1 is 1.09 bits per heavy atom. The van der Waals surface area contributed by atoms with Gasteiger partial charge in [0, 0.05) is 12.2 Å². The van der Waals surface area contributed by atoms with Gasteiger partial charge in [0.1, 0.15) is 5.75 Å². The lowest BCUT2D eigenvalue weighted by Crippen LogP contribution is -2.28. The zero-order valence-corrected chi connectivity index (χ0v) is 14.7. The average molecular weight is 426 g/mol. The van der Waals surface area contributed by atoms with E-state index in [2.05, 4.69) is 15.6 Å². The first-order valence-corrected chi connectivity index (χ1v) is 6.85. The van der Waals surface area contributed by atoms with Crippen molar-refractivity contribution in [2.24, 2.45) is 10.7 Å². The Labute approximate surface area is 151 Å². The van der Waals surface area contributed by atoms with Crippen molar-refractivity contribution in [1.82, 2.24) is 5.32 Å². The van der Waals surface area contributed by atoms with Gasteiger partial charge in [-0.25, -0.2) is 0 Å². The molecular formula is C16H19IN4O2. The maximum atomic E-state index is 11.8. The third-order valence-electron chi connectivity index (χ3n) is 2.87. The number of anilines is 1. The van der Waals surface area contributed by atoms with Crippen molar-refractivity contribution >= 4 is 41.5 Å². The molecule has 0 aliphatic rings. The van der Waals surface area contributed by atoms with Gasteiger partial charge >= 0.3 is 0 Å². The van der Waals surface area contributed by atoms with Crippen LogP contribution in [0.1, 0.15) is 10.4 Å². The van der Waals surface area contributed by atoms with Crippen LogP contribution in [0.25, 0.3) is 0 Å². The summed E-state index contributed by atoms with van der Waals surface area (Å²) >= 11 is 0. The molecule has 0 atom stereocenters. The molecule has 0 aliphatic carbocycles. The molecule has 0 fully saturated rings. The highest BCUT2D eigenvalue weighted by Gasteiger charge is 2.08. The van der Waals surface area contributed by atoms with Gasteiger partial charge in [0.2, 0.25) is 0 Å². The molecule has 122 valence electrons. The van der Waals surface area contributed by atoms with Gasteiger partial charge in [-0.05, 0) is 24.3 Å². The van der Waals surface area contributed by atoms with Crippen molar-refractivity contribution in [2.75, 3.05) is 18.4 Å². The monoisotopic (exact) mass is 426 g/mol. The van der Waals surface area contributed by atoms with Gasteiger partial charge in [-0.2, -0.15) is 0 Å². The summed E-state index contributed by atoms with van der Waals surface area (Å²) in [5.41, 5.74) is 6.83. The Hall–Kier alpha value is -2.29. The van der Waals surface area contributed by atoms with Crippen LogP contribution >= 0.6 is 24.0 Å². The number of aromatic hydroxyl groups is 1. The van der Waals surface area contributed by atoms with E-state index in [1.54, 1.807) is 18.2 Å². The quantitative estimate of drug-likeness (QED) is 0.255. The molecule has 2 rings (SSSR count). The minimum atomic E-state index is -0.345. The summed E-state index contributed by atoms with van der Waals surface area (Å²) in [6.07, 6.45) is 0. The zero-order chi connectivity index (χ0) is 15.8. The van der Waals surface area contributed by atoms with Gasteiger partial charge < -0.3 is 21.5 Å². The first-order valence-electron chi connectivity index (χ1n) is 6.85. The number of nitrogens with two attached hydrogens (primary N) is 1. The Kier molecular flexibility index (Phi) is 7.89. The van der Waals surface area contributed by atoms with E-state index in [1.807, 2.05) is 30.3 Å². The van der Waals surface area contributed by atoms with E-state index >= 15 is 0 Å². The van der Waals surface area contributed by atoms with Crippen LogP contribution in [0, 0.1) is 0 Å². The van der Waals surface area contributed by atoms with E-state index < -0.39 is 0 Å². The first-order chi connectivity index (χ1) is 10.7. The van der Waals surface area contributed by atoms with E-state index in [4.69, 9.17) is 5.73 Å². The molecular weight excluding hydrogens is 407 g/mol. The molecule has 0 saturated carbocycles. The van der Waals surface area contributed by atoms with Gasteiger partial charge in [-0.3, -0.25) is 9.79 Å². The minimum Gasteiger partial charge on any atom is -0.507 e. The van der Waals surface area contributed by atoms with E-state index in [0.717, 1.165) is 5.69 Å². The van der Waals surface area contributed by atoms with Crippen molar-refractivity contribution in [3.63, 3.8) is 0 Å². The number of carbonyl (C=O) groups excluding carboxylic acids is 1. The second-order valence-electron chi connectivity index (χ2n) is 4.53. The second kappa shape index (κ2) is 9.67. The normalized spacial score (nSPS) is 10.5. The van der Waals surface area contributed by atoms with Crippen LogP contribution in [0.2, 0.25) is 0 Å². The van der Waals surface area contributed by atoms with E-state index in [1.165, 1.54) is 6.07 Å². The Balaban J connectivity index is 0.00000264. The number of aliphatic imine (C=N–C) groups is 1. The number of amides is 1. The maximum absolute atomic E-state index is 11.8. The number of benzene rings is 2. The van der Waals surface area contributed by atoms with Gasteiger partial charge in [0.15, 0.2) is 5.96 Å². The van der Waals surface area contributed by atoms with Crippen LogP contribution in [0.15, 0.2) is 59.6 Å². The molecule has 0 bridgehead atoms. The lowest BCUT2D eigenvalue weighted by Gasteiger charge is -2.07. The number of hydrogen-bond acceptors (Lipinski definition) is 3. The molecule has 0 heterocycles. The summed E-state index contributed by atoms with van der Waals surface area (Å²) in [5, 5.41) is 15.2. The predicted octanol–water partition coefficient (Wildman–Crippen LogP) is 2.17. The van der Waals surface area contributed by atoms with Crippen molar-refractivity contribution in [3.05, 3.63) is 60.2 Å². The summed E-state index contributed by atoms with van der Waals surface area (Å²) in [6.45, 7) is 0.662. The highest BCUT2D eigenvalue weighted by atomic mass is 127. The van der Waals surface area contributed by atoms with Crippen LogP contribution in [-0.2, 0) is 0 Å². The number of hydrogen-bond donors (Lipinski definition) is 4. The fourth-order valence-corrected chi connectivity index (χ4v) is 1.82. The fourth-order valence-electron chi connectivity index (χ4n) is 1.82. The summed E-state index contributed by atoms with van der Waals surface area (Å²) < 4.78 is 0. The number of halogens is 1. The van der Waals surface area contributed by atoms with E-state index in [-0.39, 0.29) is 47.2 Å². The summed E-state index contributed by atoms with van der Waals surface area (Å²) in [6, 6.07) is 15.8. The van der Waals surface area contributed by atoms with Crippen LogP contribution in [0.4, 0.5) is 5.69 Å². The highest BCUT2D eigenvalue weighted by molar-refractivity contribution is 14.0. The largest absolute Gasteiger partial charge is 0.507 e. The minimum absolute atomic E-state index is 0. The van der Waals surface area contributed by atoms with Crippen molar-refractivity contribution in [2.45, 2.75) is 0 Å². The van der Waals surface area contributed by atoms with Crippen LogP contribution in [0.3, 0.4) is 0 Å². The van der Waals surface area contributed by atoms with Gasteiger partial charge in [-0.15, -0.1) is 24.0 Å². The van der Waals surface area contributed by atoms with Crippen LogP contribution < -0.4 is 16.4 Å². The lowest BCUT2D eigenvalue weighted by molar-refractivity contribution is 0.0952. The lowest BCUT2D eigenvalue weighted by atomic mass is 10.2. The molecule has 7 heteroatoms. The maximum Gasteiger partial charge on any atom is 0.255 e. The standard InChI is InChI=1S/C16H18N4O2.HI/c17-16(20-12-6-2-1-3-7-12)19-11-10-18-15(22)13-8-4-5-9-14(13)21;/h1-9,21H,10-11H2,(H,18,22)(H3,17,19,20);1H. The van der Waals surface area contributed by atoms with Crippen molar-refractivity contribution in [3.8, 4) is 5.75 Å². The van der Waals surface area contributed by atoms with E-state index in [9.17, 15) is 9.90 Å². The Morgan fingerprint density at radius 3 is 2.43 bits per heavy atom. The van der Waals surface area contributed by atoms with Crippen LogP contribution in [0.5, 0.6) is 5.75 Å². The number of para-hydroxylation sites is 2. The number of rotatable bonds is 5. The smallest absolute Gasteiger partial charge is 0.255 e. The molecule has 2 aromatic rings. The summed E-state index contributed by atoms with van der Waals surface area (Å²) in [5.74, 6) is -0.111. The molecule has 0 saturated heterocycles. The second-order valence-corrected chi connectivity index (χ2v) is 4.53. The molecule has 0 radical (unpaired) electrons. The molecule has 5 N–H and O–H groups in total. The molecule has 1 amide bonds. The topological polar surface area (TPSA) is 99.7 Å². The molecule has 0 aromatic heterocycles. The van der Waals surface area contributed by atoms with Crippen LogP contribution in [-0.4, -0.2) is 30.1 Å². The predicted molar refractivity (Wildman–Crippen MR) is 102 cm³/mol. The Morgan fingerprint density at radius 2 is 1.74 bits per heavy atom. The van der Waals surface area contributed by atoms with E-state index in [0.29, 0.717) is 13.1 Å². The Bertz CT molecular complexity index is 662. The first kappa shape index (κ1) is 18.8. The third kappa shape index (κ3) is 6.15. The van der Waals surface area contributed by atoms with Gasteiger partial charge in [-0.1, -0.05) is 30.3 Å². The SMILES string of the molecule is I.NC(=NCCNC(=O)c1ccccc1O)Nc1ccccc1. The molecule has 23 heavy (non-hydrogen) atoms. The average Bonchev–Trinajstić information content (AvgIpc) is 2.53. The number of phenolic OH excluding ortho intramolecular Hbond substituents is 1. The third-order valence-corrected chi connectivity index (χ3v) is 2.87. The number of phenols is 1. The van der Waals surface area contributed by atoms with Crippen molar-refractivity contribution < 1.29 is 9.90 Å². The summed E-state index contributed by atoms with van der Waals surface area (Å²) in [7, 11) is 0.